The summed E-state index contributed by atoms with van der Waals surface area (Å²) >= 11 is 0. The van der Waals surface area contributed by atoms with Crippen LogP contribution in [0.3, 0.4) is 0 Å². The molecule has 19 heavy (non-hydrogen) atoms. The molecule has 0 bridgehead atoms. The molecule has 0 unspecified atom stereocenters. The molecule has 1 heterocycles. The van der Waals surface area contributed by atoms with Gasteiger partial charge in [-0.15, -0.1) is 0 Å². The van der Waals surface area contributed by atoms with Gasteiger partial charge in [-0.1, -0.05) is 37.3 Å². The Labute approximate surface area is 111 Å². The van der Waals surface area contributed by atoms with Crippen LogP contribution in [0.4, 0.5) is 0 Å². The number of H-pyrrole nitrogens is 1. The van der Waals surface area contributed by atoms with Gasteiger partial charge in [0.25, 0.3) is 5.91 Å². The zero-order chi connectivity index (χ0) is 13.7. The lowest BCUT2D eigenvalue weighted by Crippen LogP contribution is -2.25. The van der Waals surface area contributed by atoms with Crippen molar-refractivity contribution in [1.29, 1.82) is 0 Å². The number of amides is 1. The third-order valence-electron chi connectivity index (χ3n) is 2.90. The maximum atomic E-state index is 11.8. The number of nitrogens with one attached hydrogen (secondary N) is 2. The van der Waals surface area contributed by atoms with Gasteiger partial charge in [0.1, 0.15) is 5.69 Å². The van der Waals surface area contributed by atoms with Crippen LogP contribution in [0.25, 0.3) is 0 Å². The van der Waals surface area contributed by atoms with Gasteiger partial charge in [-0.2, -0.15) is 0 Å². The van der Waals surface area contributed by atoms with E-state index >= 15 is 0 Å². The third-order valence-corrected chi connectivity index (χ3v) is 2.90. The maximum Gasteiger partial charge on any atom is 0.268 e. The molecule has 98 valence electrons. The summed E-state index contributed by atoms with van der Waals surface area (Å²) < 4.78 is 0. The minimum absolute atomic E-state index is 0.276. The normalized spacial score (nSPS) is 10.2. The molecule has 0 atom stereocenters. The monoisotopic (exact) mass is 256 g/mol. The fourth-order valence-corrected chi connectivity index (χ4v) is 1.75. The van der Waals surface area contributed by atoms with Crippen LogP contribution in [-0.2, 0) is 13.0 Å². The Morgan fingerprint density at radius 1 is 1.11 bits per heavy atom. The molecule has 0 spiro atoms. The average Bonchev–Trinajstić information content (AvgIpc) is 2.45. The van der Waals surface area contributed by atoms with E-state index in [0.29, 0.717) is 6.54 Å². The minimum atomic E-state index is -0.280. The van der Waals surface area contributed by atoms with E-state index in [2.05, 4.69) is 17.2 Å². The molecule has 0 aliphatic heterocycles. The minimum Gasteiger partial charge on any atom is -0.347 e. The number of hydrogen-bond acceptors (Lipinski definition) is 2. The van der Waals surface area contributed by atoms with E-state index in [1.165, 1.54) is 11.6 Å². The smallest absolute Gasteiger partial charge is 0.268 e. The number of rotatable bonds is 4. The van der Waals surface area contributed by atoms with Crippen molar-refractivity contribution >= 4 is 5.91 Å². The fourth-order valence-electron chi connectivity index (χ4n) is 1.75. The van der Waals surface area contributed by atoms with Crippen LogP contribution in [0.15, 0.2) is 47.3 Å². The Kier molecular flexibility index (Phi) is 4.13. The van der Waals surface area contributed by atoms with Crippen molar-refractivity contribution in [2.24, 2.45) is 0 Å². The van der Waals surface area contributed by atoms with Crippen molar-refractivity contribution in [2.75, 3.05) is 0 Å². The van der Waals surface area contributed by atoms with Crippen molar-refractivity contribution in [3.05, 3.63) is 69.6 Å². The number of carbonyl (C=O) groups is 1. The first-order chi connectivity index (χ1) is 9.19. The molecule has 0 saturated carbocycles. The van der Waals surface area contributed by atoms with E-state index in [1.54, 1.807) is 12.1 Å². The zero-order valence-corrected chi connectivity index (χ0v) is 10.8. The highest BCUT2D eigenvalue weighted by Gasteiger charge is 2.05. The zero-order valence-electron chi connectivity index (χ0n) is 10.8. The van der Waals surface area contributed by atoms with Crippen LogP contribution in [0.2, 0.25) is 0 Å². The van der Waals surface area contributed by atoms with Crippen LogP contribution < -0.4 is 10.9 Å². The molecule has 0 fully saturated rings. The van der Waals surface area contributed by atoms with Crippen LogP contribution in [0, 0.1) is 0 Å². The van der Waals surface area contributed by atoms with E-state index in [1.807, 2.05) is 24.3 Å². The average molecular weight is 256 g/mol. The van der Waals surface area contributed by atoms with Gasteiger partial charge in [0.15, 0.2) is 0 Å². The molecule has 2 N–H and O–H groups in total. The fraction of sp³-hybridized carbons (Fsp3) is 0.200. The van der Waals surface area contributed by atoms with Gasteiger partial charge in [0.05, 0.1) is 0 Å². The molecule has 1 amide bonds. The second kappa shape index (κ2) is 6.00. The van der Waals surface area contributed by atoms with Gasteiger partial charge in [0.2, 0.25) is 5.56 Å². The Morgan fingerprint density at radius 2 is 1.79 bits per heavy atom. The number of pyridine rings is 1. The standard InChI is InChI=1S/C15H16N2O2/c1-2-11-6-8-12(9-7-11)10-16-15(19)13-4-3-5-14(18)17-13/h3-9H,2,10H2,1H3,(H,16,19)(H,17,18). The van der Waals surface area contributed by atoms with Gasteiger partial charge in [0, 0.05) is 12.6 Å². The van der Waals surface area contributed by atoms with Crippen molar-refractivity contribution in [2.45, 2.75) is 19.9 Å². The predicted molar refractivity (Wildman–Crippen MR) is 74.1 cm³/mol. The van der Waals surface area contributed by atoms with Gasteiger partial charge >= 0.3 is 0 Å². The first-order valence-corrected chi connectivity index (χ1v) is 6.24. The maximum absolute atomic E-state index is 11.8. The van der Waals surface area contributed by atoms with Crippen molar-refractivity contribution in [1.82, 2.24) is 10.3 Å². The van der Waals surface area contributed by atoms with E-state index in [-0.39, 0.29) is 17.2 Å². The largest absolute Gasteiger partial charge is 0.347 e. The molecule has 4 heteroatoms. The molecule has 0 saturated heterocycles. The molecule has 1 aromatic heterocycles. The second-order valence-electron chi connectivity index (χ2n) is 4.28. The summed E-state index contributed by atoms with van der Waals surface area (Å²) in [5.41, 5.74) is 2.30. The molecule has 4 nitrogen and oxygen atoms in total. The lowest BCUT2D eigenvalue weighted by Gasteiger charge is -2.06. The van der Waals surface area contributed by atoms with E-state index in [4.69, 9.17) is 0 Å². The van der Waals surface area contributed by atoms with Gasteiger partial charge in [-0.05, 0) is 23.6 Å². The topological polar surface area (TPSA) is 62.0 Å². The van der Waals surface area contributed by atoms with E-state index in [0.717, 1.165) is 12.0 Å². The van der Waals surface area contributed by atoms with E-state index < -0.39 is 0 Å². The molecule has 0 aliphatic carbocycles. The summed E-state index contributed by atoms with van der Waals surface area (Å²) in [5.74, 6) is -0.280. The molecule has 2 aromatic rings. The summed E-state index contributed by atoms with van der Waals surface area (Å²) in [6, 6.07) is 12.6. The summed E-state index contributed by atoms with van der Waals surface area (Å²) in [4.78, 5) is 25.4. The molecule has 0 radical (unpaired) electrons. The lowest BCUT2D eigenvalue weighted by atomic mass is 10.1. The Bertz CT molecular complexity index is 615. The molecule has 0 aliphatic rings. The summed E-state index contributed by atoms with van der Waals surface area (Å²) in [5, 5.41) is 2.77. The molecule has 1 aromatic carbocycles. The SMILES string of the molecule is CCc1ccc(CNC(=O)c2cccc(=O)[nH]2)cc1. The van der Waals surface area contributed by atoms with Crippen LogP contribution in [0.1, 0.15) is 28.5 Å². The second-order valence-corrected chi connectivity index (χ2v) is 4.28. The summed E-state index contributed by atoms with van der Waals surface area (Å²) in [7, 11) is 0. The molecular weight excluding hydrogens is 240 g/mol. The number of carbonyl (C=O) groups excluding carboxylic acids is 1. The lowest BCUT2D eigenvalue weighted by molar-refractivity contribution is 0.0945. The van der Waals surface area contributed by atoms with Crippen LogP contribution >= 0.6 is 0 Å². The van der Waals surface area contributed by atoms with Crippen LogP contribution in [-0.4, -0.2) is 10.9 Å². The van der Waals surface area contributed by atoms with Crippen molar-refractivity contribution in [3.63, 3.8) is 0 Å². The van der Waals surface area contributed by atoms with Gasteiger partial charge < -0.3 is 10.3 Å². The third kappa shape index (κ3) is 3.55. The number of hydrogen-bond donors (Lipinski definition) is 2. The van der Waals surface area contributed by atoms with Crippen LogP contribution in [0.5, 0.6) is 0 Å². The summed E-state index contributed by atoms with van der Waals surface area (Å²) in [6.45, 7) is 2.54. The highest BCUT2D eigenvalue weighted by molar-refractivity contribution is 5.92. The Balaban J connectivity index is 1.98. The van der Waals surface area contributed by atoms with Gasteiger partial charge in [-0.25, -0.2) is 0 Å². The number of aryl methyl sites for hydroxylation is 1. The first kappa shape index (κ1) is 13.1. The molecular formula is C15H16N2O2. The van der Waals surface area contributed by atoms with E-state index in [9.17, 15) is 9.59 Å². The molecule has 2 rings (SSSR count). The quantitative estimate of drug-likeness (QED) is 0.877. The van der Waals surface area contributed by atoms with Gasteiger partial charge in [-0.3, -0.25) is 9.59 Å². The summed E-state index contributed by atoms with van der Waals surface area (Å²) in [6.07, 6.45) is 0.998. The Hall–Kier alpha value is -2.36. The van der Waals surface area contributed by atoms with Crippen molar-refractivity contribution < 1.29 is 4.79 Å². The Morgan fingerprint density at radius 3 is 2.42 bits per heavy atom. The number of aromatic amines is 1. The highest BCUT2D eigenvalue weighted by Crippen LogP contribution is 2.05. The predicted octanol–water partition coefficient (Wildman–Crippen LogP) is 1.87. The highest BCUT2D eigenvalue weighted by atomic mass is 16.2. The van der Waals surface area contributed by atoms with Crippen molar-refractivity contribution in [3.8, 4) is 0 Å². The first-order valence-electron chi connectivity index (χ1n) is 6.24. The number of benzene rings is 1. The number of aromatic nitrogens is 1.